The van der Waals surface area contributed by atoms with Crippen molar-refractivity contribution in [3.8, 4) is 11.1 Å². The molecule has 1 aromatic carbocycles. The van der Waals surface area contributed by atoms with E-state index in [2.05, 4.69) is 47.5 Å². The maximum Gasteiger partial charge on any atom is 0.274 e. The number of aliphatic hydroxyl groups is 1. The maximum atomic E-state index is 13.8. The first-order chi connectivity index (χ1) is 20.7. The second-order valence-corrected chi connectivity index (χ2v) is 12.3. The van der Waals surface area contributed by atoms with Crippen molar-refractivity contribution >= 4 is 11.6 Å². The van der Waals surface area contributed by atoms with Crippen LogP contribution in [-0.2, 0) is 46.0 Å². The van der Waals surface area contributed by atoms with E-state index in [4.69, 9.17) is 0 Å². The minimum Gasteiger partial charge on any atom is -0.392 e. The van der Waals surface area contributed by atoms with Gasteiger partial charge in [-0.05, 0) is 93.1 Å². The summed E-state index contributed by atoms with van der Waals surface area (Å²) < 4.78 is 3.80. The molecule has 2 aliphatic rings. The lowest BCUT2D eigenvalue weighted by Gasteiger charge is -2.31. The van der Waals surface area contributed by atoms with E-state index in [1.165, 1.54) is 24.1 Å². The molecule has 0 saturated heterocycles. The van der Waals surface area contributed by atoms with Crippen LogP contribution >= 0.6 is 0 Å². The Hall–Kier alpha value is -4.01. The van der Waals surface area contributed by atoms with Crippen molar-refractivity contribution in [2.24, 2.45) is 7.05 Å². The largest absolute Gasteiger partial charge is 0.392 e. The van der Waals surface area contributed by atoms with Gasteiger partial charge in [0.1, 0.15) is 5.69 Å². The monoisotopic (exact) mass is 579 g/mol. The summed E-state index contributed by atoms with van der Waals surface area (Å²) in [5.41, 5.74) is 8.90. The van der Waals surface area contributed by atoms with Crippen molar-refractivity contribution in [2.75, 3.05) is 18.5 Å². The number of carbonyl (C=O) groups excluding carboxylic acids is 1. The number of amides is 1. The predicted molar refractivity (Wildman–Crippen MR) is 169 cm³/mol. The Balaban J connectivity index is 1.31. The quantitative estimate of drug-likeness (QED) is 0.327. The number of carbonyl (C=O) groups is 1. The lowest BCUT2D eigenvalue weighted by molar-refractivity contribution is 0.0964. The van der Waals surface area contributed by atoms with Crippen LogP contribution in [0.4, 0.5) is 5.69 Å². The molecule has 1 N–H and O–H groups in total. The lowest BCUT2D eigenvalue weighted by Crippen LogP contribution is -2.41. The van der Waals surface area contributed by atoms with E-state index in [9.17, 15) is 14.7 Å². The van der Waals surface area contributed by atoms with Gasteiger partial charge >= 0.3 is 0 Å². The summed E-state index contributed by atoms with van der Waals surface area (Å²) in [7, 11) is 3.84. The van der Waals surface area contributed by atoms with E-state index in [1.54, 1.807) is 22.7 Å². The second kappa shape index (κ2) is 11.9. The molecule has 4 heterocycles. The van der Waals surface area contributed by atoms with Crippen molar-refractivity contribution in [1.29, 1.82) is 0 Å². The van der Waals surface area contributed by atoms with Crippen LogP contribution in [0.25, 0.3) is 11.1 Å². The molecule has 4 aromatic rings. The van der Waals surface area contributed by atoms with Gasteiger partial charge in [-0.2, -0.15) is 0 Å². The predicted octanol–water partition coefficient (Wildman–Crippen LogP) is 4.71. The average Bonchev–Trinajstić information content (AvgIpc) is 3.40. The molecule has 0 atom stereocenters. The van der Waals surface area contributed by atoms with Gasteiger partial charge in [-0.3, -0.25) is 19.5 Å². The van der Waals surface area contributed by atoms with Crippen LogP contribution < -0.4 is 10.5 Å². The maximum absolute atomic E-state index is 13.8. The number of rotatable bonds is 8. The molecular weight excluding hydrogens is 538 g/mol. The number of aryl methyl sites for hydroxylation is 2. The van der Waals surface area contributed by atoms with Gasteiger partial charge in [-0.15, -0.1) is 0 Å². The molecule has 0 bridgehead atoms. The lowest BCUT2D eigenvalue weighted by atomic mass is 9.96. The molecule has 0 spiro atoms. The molecule has 8 nitrogen and oxygen atoms in total. The highest BCUT2D eigenvalue weighted by Crippen LogP contribution is 2.35. The number of aliphatic hydroxyl groups excluding tert-OH is 1. The van der Waals surface area contributed by atoms with Gasteiger partial charge in [-0.25, -0.2) is 0 Å². The van der Waals surface area contributed by atoms with Gasteiger partial charge in [0.05, 0.1) is 12.3 Å². The van der Waals surface area contributed by atoms with Gasteiger partial charge in [0.25, 0.3) is 11.5 Å². The summed E-state index contributed by atoms with van der Waals surface area (Å²) in [6.45, 7) is 6.22. The highest BCUT2D eigenvalue weighted by Gasteiger charge is 2.31. The van der Waals surface area contributed by atoms with E-state index < -0.39 is 0 Å². The fourth-order valence-electron chi connectivity index (χ4n) is 6.50. The number of anilines is 1. The first-order valence-corrected chi connectivity index (χ1v) is 15.3. The van der Waals surface area contributed by atoms with E-state index in [1.807, 2.05) is 36.5 Å². The third-order valence-electron chi connectivity index (χ3n) is 9.16. The zero-order valence-electron chi connectivity index (χ0n) is 25.6. The number of benzene rings is 1. The summed E-state index contributed by atoms with van der Waals surface area (Å²) in [4.78, 5) is 35.7. The van der Waals surface area contributed by atoms with Crippen molar-refractivity contribution in [3.63, 3.8) is 0 Å². The Bertz CT molecular complexity index is 1720. The van der Waals surface area contributed by atoms with E-state index in [0.717, 1.165) is 59.7 Å². The number of aromatic nitrogens is 3. The molecule has 0 radical (unpaired) electrons. The van der Waals surface area contributed by atoms with E-state index >= 15 is 0 Å². The number of fused-ring (bicyclic) bond motifs is 3. The second-order valence-electron chi connectivity index (χ2n) is 12.3. The van der Waals surface area contributed by atoms with Crippen LogP contribution in [0, 0.1) is 0 Å². The minimum atomic E-state index is -0.223. The summed E-state index contributed by atoms with van der Waals surface area (Å²) in [6, 6.07) is 14.3. The first-order valence-electron chi connectivity index (χ1n) is 15.3. The van der Waals surface area contributed by atoms with Crippen LogP contribution in [-0.4, -0.2) is 49.7 Å². The first kappa shape index (κ1) is 29.1. The molecule has 43 heavy (non-hydrogen) atoms. The van der Waals surface area contributed by atoms with E-state index in [0.29, 0.717) is 30.1 Å². The SMILES string of the molecule is CC(C)N(C)Cc1ccc(Cc2cc(-c3cccc(N4CCn5c(cc6c5CCCC6)C4=O)c3CO)cn(C)c2=O)nc1. The summed E-state index contributed by atoms with van der Waals surface area (Å²) in [5, 5.41) is 10.6. The normalized spacial score (nSPS) is 14.9. The third-order valence-corrected chi connectivity index (χ3v) is 9.16. The van der Waals surface area contributed by atoms with Gasteiger partial charge in [0, 0.05) is 74.1 Å². The number of hydrogen-bond donors (Lipinski definition) is 1. The number of pyridine rings is 2. The van der Waals surface area contributed by atoms with Crippen LogP contribution in [0.2, 0.25) is 0 Å². The Morgan fingerprint density at radius 2 is 1.86 bits per heavy atom. The zero-order valence-corrected chi connectivity index (χ0v) is 25.6. The zero-order chi connectivity index (χ0) is 30.2. The average molecular weight is 580 g/mol. The van der Waals surface area contributed by atoms with Crippen LogP contribution in [0.3, 0.4) is 0 Å². The fraction of sp³-hybridized carbons (Fsp3) is 0.400. The number of nitrogens with zero attached hydrogens (tertiary/aromatic N) is 5. The molecule has 8 heteroatoms. The van der Waals surface area contributed by atoms with Gasteiger partial charge in [-0.1, -0.05) is 18.2 Å². The molecule has 1 aliphatic carbocycles. The summed E-state index contributed by atoms with van der Waals surface area (Å²) in [5.74, 6) is -0.0252. The molecule has 6 rings (SSSR count). The topological polar surface area (TPSA) is 83.6 Å². The van der Waals surface area contributed by atoms with Crippen LogP contribution in [0.5, 0.6) is 0 Å². The molecule has 0 unspecified atom stereocenters. The fourth-order valence-corrected chi connectivity index (χ4v) is 6.50. The van der Waals surface area contributed by atoms with Crippen molar-refractivity contribution < 1.29 is 9.90 Å². The van der Waals surface area contributed by atoms with Gasteiger partial charge in [0.15, 0.2) is 0 Å². The standard InChI is InChI=1S/C35H41N5O3/c1-23(2)37(3)20-24-12-13-28(36-19-24)17-26-16-27(21-38(4)34(26)42)29-9-7-11-32(30(29)22-41)40-15-14-39-31-10-6-5-8-25(31)18-33(39)35(40)43/h7,9,11-13,16,18-19,21,23,41H,5-6,8,10,14-15,17,20,22H2,1-4H3. The molecular formula is C35H41N5O3. The number of hydrogen-bond acceptors (Lipinski definition) is 5. The molecule has 1 aliphatic heterocycles. The van der Waals surface area contributed by atoms with Crippen molar-refractivity contribution in [2.45, 2.75) is 71.7 Å². The van der Waals surface area contributed by atoms with Crippen molar-refractivity contribution in [3.05, 3.63) is 105 Å². The minimum absolute atomic E-state index is 0.0252. The Kier molecular flexibility index (Phi) is 8.07. The molecule has 0 fully saturated rings. The Labute approximate surface area is 253 Å². The van der Waals surface area contributed by atoms with Crippen LogP contribution in [0.15, 0.2) is 59.7 Å². The molecule has 224 valence electrons. The van der Waals surface area contributed by atoms with Gasteiger partial charge in [0.2, 0.25) is 0 Å². The summed E-state index contributed by atoms with van der Waals surface area (Å²) in [6.07, 6.45) is 8.50. The Morgan fingerprint density at radius 1 is 1.05 bits per heavy atom. The van der Waals surface area contributed by atoms with Gasteiger partial charge < -0.3 is 19.1 Å². The van der Waals surface area contributed by atoms with Crippen molar-refractivity contribution in [1.82, 2.24) is 19.0 Å². The molecule has 3 aromatic heterocycles. The third kappa shape index (κ3) is 5.57. The van der Waals surface area contributed by atoms with E-state index in [-0.39, 0.29) is 18.1 Å². The highest BCUT2D eigenvalue weighted by atomic mass is 16.3. The Morgan fingerprint density at radius 3 is 2.60 bits per heavy atom. The molecule has 1 amide bonds. The smallest absolute Gasteiger partial charge is 0.274 e. The summed E-state index contributed by atoms with van der Waals surface area (Å²) >= 11 is 0. The van der Waals surface area contributed by atoms with Crippen LogP contribution in [0.1, 0.15) is 70.8 Å². The highest BCUT2D eigenvalue weighted by molar-refractivity contribution is 6.07. The molecule has 0 saturated carbocycles.